The highest BCUT2D eigenvalue weighted by Gasteiger charge is 2.27. The minimum absolute atomic E-state index is 0.410. The lowest BCUT2D eigenvalue weighted by atomic mass is 10.2. The molecule has 1 aliphatic rings. The standard InChI is InChI=1S/C20H28N4O3S2/c1-21-20(22-14-16-8-4-5-9-18(16)27-2)23-15-17-10-11-19(28-17)29(25,26)24-12-6-3-7-13-24/h4-5,8-11H,3,6-7,12-15H2,1-2H3,(H2,21,22,23). The molecule has 1 aromatic heterocycles. The van der Waals surface area contributed by atoms with Crippen molar-refractivity contribution in [2.24, 2.45) is 4.99 Å². The van der Waals surface area contributed by atoms with Crippen LogP contribution in [0.4, 0.5) is 0 Å². The van der Waals surface area contributed by atoms with Gasteiger partial charge in [-0.05, 0) is 31.0 Å². The molecule has 3 rings (SSSR count). The molecule has 1 aliphatic heterocycles. The van der Waals surface area contributed by atoms with E-state index in [-0.39, 0.29) is 0 Å². The normalized spacial score (nSPS) is 15.9. The van der Waals surface area contributed by atoms with Crippen molar-refractivity contribution in [1.29, 1.82) is 0 Å². The number of nitrogens with zero attached hydrogens (tertiary/aromatic N) is 2. The number of aliphatic imine (C=N–C) groups is 1. The van der Waals surface area contributed by atoms with Gasteiger partial charge in [0, 0.05) is 37.1 Å². The maximum atomic E-state index is 12.8. The number of thiophene rings is 1. The summed E-state index contributed by atoms with van der Waals surface area (Å²) in [5.74, 6) is 1.46. The Balaban J connectivity index is 1.56. The molecule has 0 amide bonds. The predicted molar refractivity (Wildman–Crippen MR) is 117 cm³/mol. The van der Waals surface area contributed by atoms with Gasteiger partial charge < -0.3 is 15.4 Å². The number of methoxy groups -OCH3 is 1. The molecular formula is C20H28N4O3S2. The van der Waals surface area contributed by atoms with E-state index in [2.05, 4.69) is 15.6 Å². The molecule has 0 radical (unpaired) electrons. The molecule has 7 nitrogen and oxygen atoms in total. The van der Waals surface area contributed by atoms with E-state index in [0.29, 0.717) is 36.3 Å². The fraction of sp³-hybridized carbons (Fsp3) is 0.450. The van der Waals surface area contributed by atoms with Crippen LogP contribution in [-0.2, 0) is 23.1 Å². The topological polar surface area (TPSA) is 83.0 Å². The van der Waals surface area contributed by atoms with Gasteiger partial charge in [-0.2, -0.15) is 4.31 Å². The average Bonchev–Trinajstić information content (AvgIpc) is 3.24. The van der Waals surface area contributed by atoms with Gasteiger partial charge in [0.2, 0.25) is 0 Å². The number of guanidine groups is 1. The number of rotatable bonds is 7. The maximum Gasteiger partial charge on any atom is 0.252 e. The van der Waals surface area contributed by atoms with Crippen LogP contribution in [0.15, 0.2) is 45.6 Å². The SMILES string of the molecule is CN=C(NCc1ccc(S(=O)(=O)N2CCCCC2)s1)NCc1ccccc1OC. The maximum absolute atomic E-state index is 12.8. The van der Waals surface area contributed by atoms with E-state index in [1.165, 1.54) is 11.3 Å². The van der Waals surface area contributed by atoms with Crippen LogP contribution in [0.25, 0.3) is 0 Å². The number of para-hydroxylation sites is 1. The second kappa shape index (κ2) is 10.1. The van der Waals surface area contributed by atoms with Crippen molar-refractivity contribution < 1.29 is 13.2 Å². The molecule has 29 heavy (non-hydrogen) atoms. The van der Waals surface area contributed by atoms with Crippen molar-refractivity contribution in [3.05, 3.63) is 46.8 Å². The number of benzene rings is 1. The third kappa shape index (κ3) is 5.49. The van der Waals surface area contributed by atoms with E-state index in [9.17, 15) is 8.42 Å². The van der Waals surface area contributed by atoms with Crippen LogP contribution < -0.4 is 15.4 Å². The molecule has 0 bridgehead atoms. The fourth-order valence-electron chi connectivity index (χ4n) is 3.24. The molecule has 0 spiro atoms. The quantitative estimate of drug-likeness (QED) is 0.515. The summed E-state index contributed by atoms with van der Waals surface area (Å²) in [5, 5.41) is 6.49. The Labute approximate surface area is 176 Å². The van der Waals surface area contributed by atoms with E-state index in [4.69, 9.17) is 4.74 Å². The number of hydrogen-bond acceptors (Lipinski definition) is 5. The van der Waals surface area contributed by atoms with Crippen molar-refractivity contribution in [1.82, 2.24) is 14.9 Å². The first-order valence-corrected chi connectivity index (χ1v) is 12.0. The number of hydrogen-bond donors (Lipinski definition) is 2. The third-order valence-corrected chi connectivity index (χ3v) is 8.29. The molecule has 2 aromatic rings. The number of sulfonamides is 1. The molecule has 0 saturated carbocycles. The van der Waals surface area contributed by atoms with E-state index in [1.54, 1.807) is 24.5 Å². The van der Waals surface area contributed by atoms with Gasteiger partial charge in [-0.15, -0.1) is 11.3 Å². The second-order valence-electron chi connectivity index (χ2n) is 6.78. The molecule has 1 fully saturated rings. The fourth-order valence-corrected chi connectivity index (χ4v) is 6.21. The van der Waals surface area contributed by atoms with Crippen molar-refractivity contribution >= 4 is 27.3 Å². The highest BCUT2D eigenvalue weighted by atomic mass is 32.2. The van der Waals surface area contributed by atoms with Crippen molar-refractivity contribution in [3.63, 3.8) is 0 Å². The number of nitrogens with one attached hydrogen (secondary N) is 2. The zero-order chi connectivity index (χ0) is 20.7. The van der Waals surface area contributed by atoms with Gasteiger partial charge in [-0.1, -0.05) is 24.6 Å². The summed E-state index contributed by atoms with van der Waals surface area (Å²) in [6, 6.07) is 11.4. The summed E-state index contributed by atoms with van der Waals surface area (Å²) < 4.78 is 32.9. The van der Waals surface area contributed by atoms with Gasteiger partial charge in [0.15, 0.2) is 5.96 Å². The minimum atomic E-state index is -3.37. The van der Waals surface area contributed by atoms with Gasteiger partial charge in [-0.3, -0.25) is 4.99 Å². The van der Waals surface area contributed by atoms with Crippen LogP contribution in [0.3, 0.4) is 0 Å². The first-order valence-electron chi connectivity index (χ1n) is 9.70. The van der Waals surface area contributed by atoms with E-state index >= 15 is 0 Å². The largest absolute Gasteiger partial charge is 0.496 e. The predicted octanol–water partition coefficient (Wildman–Crippen LogP) is 2.80. The zero-order valence-electron chi connectivity index (χ0n) is 16.8. The van der Waals surface area contributed by atoms with E-state index in [0.717, 1.165) is 35.5 Å². The van der Waals surface area contributed by atoms with Crippen LogP contribution in [0.2, 0.25) is 0 Å². The molecular weight excluding hydrogens is 408 g/mol. The Bertz CT molecular complexity index is 935. The van der Waals surface area contributed by atoms with Gasteiger partial charge in [0.1, 0.15) is 9.96 Å². The lowest BCUT2D eigenvalue weighted by Crippen LogP contribution is -2.36. The lowest BCUT2D eigenvalue weighted by Gasteiger charge is -2.25. The van der Waals surface area contributed by atoms with Crippen LogP contribution in [0.1, 0.15) is 29.7 Å². The molecule has 1 saturated heterocycles. The van der Waals surface area contributed by atoms with E-state index in [1.807, 2.05) is 30.3 Å². The van der Waals surface area contributed by atoms with E-state index < -0.39 is 10.0 Å². The van der Waals surface area contributed by atoms with Crippen LogP contribution >= 0.6 is 11.3 Å². The number of ether oxygens (including phenoxy) is 1. The van der Waals surface area contributed by atoms with Gasteiger partial charge in [0.25, 0.3) is 10.0 Å². The van der Waals surface area contributed by atoms with Crippen LogP contribution in [0.5, 0.6) is 5.75 Å². The molecule has 158 valence electrons. The highest BCUT2D eigenvalue weighted by molar-refractivity contribution is 7.91. The molecule has 1 aromatic carbocycles. The molecule has 2 heterocycles. The number of piperidine rings is 1. The Morgan fingerprint density at radius 2 is 1.83 bits per heavy atom. The van der Waals surface area contributed by atoms with Gasteiger partial charge in [-0.25, -0.2) is 8.42 Å². The summed E-state index contributed by atoms with van der Waals surface area (Å²) in [5.41, 5.74) is 1.03. The van der Waals surface area contributed by atoms with Crippen molar-refractivity contribution in [3.8, 4) is 5.75 Å². The zero-order valence-corrected chi connectivity index (χ0v) is 18.5. The highest BCUT2D eigenvalue weighted by Crippen LogP contribution is 2.27. The monoisotopic (exact) mass is 436 g/mol. The summed E-state index contributed by atoms with van der Waals surface area (Å²) >= 11 is 1.31. The first kappa shape index (κ1) is 21.6. The summed E-state index contributed by atoms with van der Waals surface area (Å²) in [4.78, 5) is 5.18. The van der Waals surface area contributed by atoms with Crippen LogP contribution in [0, 0.1) is 0 Å². The molecule has 2 N–H and O–H groups in total. The van der Waals surface area contributed by atoms with Gasteiger partial charge >= 0.3 is 0 Å². The molecule has 0 unspecified atom stereocenters. The van der Waals surface area contributed by atoms with Crippen molar-refractivity contribution in [2.75, 3.05) is 27.2 Å². The Kier molecular flexibility index (Phi) is 7.51. The third-order valence-electron chi connectivity index (χ3n) is 4.84. The first-order chi connectivity index (χ1) is 14.0. The summed E-state index contributed by atoms with van der Waals surface area (Å²) in [6.07, 6.45) is 2.98. The Morgan fingerprint density at radius 1 is 1.10 bits per heavy atom. The second-order valence-corrected chi connectivity index (χ2v) is 10.1. The molecule has 0 atom stereocenters. The minimum Gasteiger partial charge on any atom is -0.496 e. The molecule has 0 aliphatic carbocycles. The Morgan fingerprint density at radius 3 is 2.55 bits per heavy atom. The average molecular weight is 437 g/mol. The molecule has 9 heteroatoms. The smallest absolute Gasteiger partial charge is 0.252 e. The van der Waals surface area contributed by atoms with Crippen molar-refractivity contribution in [2.45, 2.75) is 36.6 Å². The summed E-state index contributed by atoms with van der Waals surface area (Å²) in [6.45, 7) is 2.31. The Hall–Kier alpha value is -2.10. The lowest BCUT2D eigenvalue weighted by molar-refractivity contribution is 0.347. The van der Waals surface area contributed by atoms with Crippen LogP contribution in [-0.4, -0.2) is 45.9 Å². The summed E-state index contributed by atoms with van der Waals surface area (Å²) in [7, 11) is -0.0174. The van der Waals surface area contributed by atoms with Gasteiger partial charge in [0.05, 0.1) is 13.7 Å².